The fraction of sp³-hybridized carbons (Fsp3) is 0.797. The Bertz CT molecular complexity index is 2570. The molecule has 4 fully saturated rings. The van der Waals surface area contributed by atoms with Crippen LogP contribution in [0.4, 0.5) is 10.5 Å². The van der Waals surface area contributed by atoms with Crippen molar-refractivity contribution >= 4 is 41.6 Å². The fourth-order valence-electron chi connectivity index (χ4n) is 12.3. The summed E-state index contributed by atoms with van der Waals surface area (Å²) in [5, 5.41) is 72.5. The highest BCUT2D eigenvalue weighted by Gasteiger charge is 2.56. The third-order valence-electron chi connectivity index (χ3n) is 17.1. The molecule has 5 rings (SSSR count). The summed E-state index contributed by atoms with van der Waals surface area (Å²) in [6, 6.07) is 1.69. The number of cyclic esters (lactones) is 1. The highest BCUT2D eigenvalue weighted by Crippen LogP contribution is 2.41. The Kier molecular flexibility index (Phi) is 25.5. The smallest absolute Gasteiger partial charge is 0.410 e. The zero-order valence-corrected chi connectivity index (χ0v) is 53.4. The molecule has 0 spiro atoms. The van der Waals surface area contributed by atoms with Gasteiger partial charge in [0.2, 0.25) is 12.4 Å². The van der Waals surface area contributed by atoms with Crippen molar-refractivity contribution in [3.8, 4) is 5.75 Å². The summed E-state index contributed by atoms with van der Waals surface area (Å²) in [6.07, 6.45) is -21.1. The molecule has 4 aliphatic rings. The third kappa shape index (κ3) is 17.9. The molecule has 4 heterocycles. The van der Waals surface area contributed by atoms with Crippen molar-refractivity contribution in [2.24, 2.45) is 17.8 Å². The first-order chi connectivity index (χ1) is 40.9. The van der Waals surface area contributed by atoms with Gasteiger partial charge >= 0.3 is 41.6 Å². The Balaban J connectivity index is 1.45. The second-order valence-corrected chi connectivity index (χ2v) is 24.6. The molecule has 29 heteroatoms. The van der Waals surface area contributed by atoms with Gasteiger partial charge in [-0.2, -0.15) is 0 Å². The minimum atomic E-state index is -1.93. The number of nitrogens with zero attached hydrogens (tertiary/aromatic N) is 3. The number of nitro benzene ring substituents is 1. The molecular weight excluding hydrogens is 1170 g/mol. The summed E-state index contributed by atoms with van der Waals surface area (Å²) in [5.41, 5.74) is -5.58. The number of carbonyl (C=O) groups is 6. The van der Waals surface area contributed by atoms with Gasteiger partial charge in [0.1, 0.15) is 49.3 Å². The summed E-state index contributed by atoms with van der Waals surface area (Å²) < 4.78 is 76.8. The van der Waals surface area contributed by atoms with E-state index in [0.29, 0.717) is 0 Å². The number of hydrogen-bond acceptors (Lipinski definition) is 27. The topological polar surface area (TPSA) is 373 Å². The van der Waals surface area contributed by atoms with Crippen LogP contribution in [-0.4, -0.2) is 232 Å². The van der Waals surface area contributed by atoms with Gasteiger partial charge in [0.05, 0.1) is 52.5 Å². The number of amides is 1. The maximum atomic E-state index is 14.6. The lowest BCUT2D eigenvalue weighted by Crippen LogP contribution is -2.63. The van der Waals surface area contributed by atoms with Crippen molar-refractivity contribution in [1.82, 2.24) is 9.80 Å². The molecule has 500 valence electrons. The third-order valence-corrected chi connectivity index (χ3v) is 17.1. The Morgan fingerprint density at radius 3 is 2.00 bits per heavy atom. The van der Waals surface area contributed by atoms with Crippen molar-refractivity contribution in [3.63, 3.8) is 0 Å². The molecule has 0 aromatic heterocycles. The van der Waals surface area contributed by atoms with Crippen molar-refractivity contribution in [3.05, 3.63) is 33.9 Å². The maximum absolute atomic E-state index is 14.6. The second kappa shape index (κ2) is 30.6. The van der Waals surface area contributed by atoms with E-state index < -0.39 is 198 Å². The van der Waals surface area contributed by atoms with Crippen molar-refractivity contribution < 1.29 is 121 Å². The van der Waals surface area contributed by atoms with E-state index in [2.05, 4.69) is 0 Å². The predicted octanol–water partition coefficient (Wildman–Crippen LogP) is 2.98. The normalized spacial score (nSPS) is 38.8. The van der Waals surface area contributed by atoms with Crippen LogP contribution >= 0.6 is 0 Å². The monoisotopic (exact) mass is 1260 g/mol. The molecule has 0 unspecified atom stereocenters. The lowest BCUT2D eigenvalue weighted by atomic mass is 9.77. The Morgan fingerprint density at radius 2 is 1.42 bits per heavy atom. The summed E-state index contributed by atoms with van der Waals surface area (Å²) in [6.45, 7) is 19.8. The molecule has 0 aliphatic carbocycles. The Hall–Kier alpha value is -5.44. The number of methoxy groups -OCH3 is 1. The number of nitro groups is 1. The molecule has 0 radical (unpaired) electrons. The molecule has 4 saturated heterocycles. The average molecular weight is 1260 g/mol. The van der Waals surface area contributed by atoms with Crippen LogP contribution in [-0.2, 0) is 87.4 Å². The van der Waals surface area contributed by atoms with E-state index in [0.717, 1.165) is 44.7 Å². The number of aliphatic hydroxyl groups excluding tert-OH is 3. The number of ether oxygens (including phenoxy) is 13. The van der Waals surface area contributed by atoms with E-state index in [-0.39, 0.29) is 43.7 Å². The van der Waals surface area contributed by atoms with Gasteiger partial charge in [0, 0.05) is 72.8 Å². The number of esters is 5. The van der Waals surface area contributed by atoms with E-state index in [1.54, 1.807) is 55.5 Å². The van der Waals surface area contributed by atoms with Gasteiger partial charge in [-0.3, -0.25) is 34.1 Å². The van der Waals surface area contributed by atoms with Crippen molar-refractivity contribution in [2.75, 3.05) is 34.4 Å². The zero-order valence-electron chi connectivity index (χ0n) is 53.4. The van der Waals surface area contributed by atoms with Gasteiger partial charge in [0.25, 0.3) is 0 Å². The summed E-state index contributed by atoms with van der Waals surface area (Å²) in [5.74, 6) is -7.39. The molecule has 88 heavy (non-hydrogen) atoms. The number of likely N-dealkylation sites (N-methyl/N-ethyl adjacent to an activating group) is 2. The number of carbonyl (C=O) groups excluding carboxylic acids is 6. The molecule has 1 amide bonds. The van der Waals surface area contributed by atoms with Gasteiger partial charge < -0.3 is 96.9 Å². The van der Waals surface area contributed by atoms with Crippen LogP contribution in [0, 0.1) is 27.9 Å². The number of rotatable bonds is 17. The van der Waals surface area contributed by atoms with Crippen LogP contribution in [0.5, 0.6) is 5.75 Å². The largest absolute Gasteiger partial charge is 0.463 e. The number of aliphatic hydroxyl groups is 5. The van der Waals surface area contributed by atoms with Gasteiger partial charge in [-0.15, -0.1) is 0 Å². The lowest BCUT2D eigenvalue weighted by molar-refractivity contribution is -0.387. The first-order valence-corrected chi connectivity index (χ1v) is 29.6. The Labute approximate surface area is 512 Å². The van der Waals surface area contributed by atoms with Crippen LogP contribution < -0.4 is 4.74 Å². The summed E-state index contributed by atoms with van der Waals surface area (Å²) in [4.78, 5) is 92.2. The van der Waals surface area contributed by atoms with E-state index in [9.17, 15) is 64.4 Å². The van der Waals surface area contributed by atoms with Gasteiger partial charge in [-0.1, -0.05) is 26.8 Å². The lowest BCUT2D eigenvalue weighted by Gasteiger charge is -2.49. The van der Waals surface area contributed by atoms with Crippen LogP contribution in [0.1, 0.15) is 128 Å². The van der Waals surface area contributed by atoms with Gasteiger partial charge in [-0.05, 0) is 92.3 Å². The fourth-order valence-corrected chi connectivity index (χ4v) is 12.3. The molecule has 0 saturated carbocycles. The maximum Gasteiger partial charge on any atom is 0.410 e. The number of benzene rings is 1. The van der Waals surface area contributed by atoms with Gasteiger partial charge in [-0.25, -0.2) is 4.79 Å². The first kappa shape index (κ1) is 73.3. The van der Waals surface area contributed by atoms with Gasteiger partial charge in [0.15, 0.2) is 30.5 Å². The molecule has 5 N–H and O–H groups in total. The Morgan fingerprint density at radius 1 is 0.807 bits per heavy atom. The highest BCUT2D eigenvalue weighted by molar-refractivity contribution is 5.73. The molecule has 1 aromatic rings. The summed E-state index contributed by atoms with van der Waals surface area (Å²) in [7, 11) is 4.54. The van der Waals surface area contributed by atoms with E-state index in [4.69, 9.17) is 61.6 Å². The van der Waals surface area contributed by atoms with Crippen LogP contribution in [0.3, 0.4) is 0 Å². The molecule has 29 nitrogen and oxygen atoms in total. The molecule has 1 aromatic carbocycles. The van der Waals surface area contributed by atoms with Crippen LogP contribution in [0.2, 0.25) is 0 Å². The first-order valence-electron chi connectivity index (χ1n) is 29.6. The minimum absolute atomic E-state index is 0.0105. The van der Waals surface area contributed by atoms with Crippen LogP contribution in [0.15, 0.2) is 18.2 Å². The number of hydrogen-bond donors (Lipinski definition) is 5. The standard InChI is InChI=1S/C59H93N3O26/c1-18-43-59(14,73)50(68)32(6)60(15)25-28(2)23-57(12,72)52(30(4)46(31(5)53(70)86-43)87-44-24-58(13,76-17)51(69)33(7)80-44)88-54-45(67)40(21-29(3)79-54)61(16)56(71)78-26-38-19-20-41(39(22-38)62(74)75)84-55-49(83-37(11)66)48(82-36(10)65)47(81-35(9)64)42(85-55)27-77-34(8)63/h19-20,22,28-33,40,42-52,54-55,67-69,72-73H,18,21,23-27H2,1-17H3/t28-,29-,30+,31-,32-,33+,40+,42-,43-,44-,45-,46+,47+,48+,49-,50-,51+,52-,54+,55-,57-,58-,59-/m1/s1. The summed E-state index contributed by atoms with van der Waals surface area (Å²) >= 11 is 0. The highest BCUT2D eigenvalue weighted by atomic mass is 16.7. The molecule has 23 atom stereocenters. The van der Waals surface area contributed by atoms with E-state index >= 15 is 0 Å². The zero-order chi connectivity index (χ0) is 66.2. The molecular formula is C59H93N3O26. The van der Waals surface area contributed by atoms with E-state index in [1.165, 1.54) is 34.1 Å². The van der Waals surface area contributed by atoms with Crippen molar-refractivity contribution in [2.45, 2.75) is 250 Å². The molecule has 4 aliphatic heterocycles. The van der Waals surface area contributed by atoms with Crippen LogP contribution in [0.25, 0.3) is 0 Å². The van der Waals surface area contributed by atoms with E-state index in [1.807, 2.05) is 11.8 Å². The minimum Gasteiger partial charge on any atom is -0.463 e. The average Bonchev–Trinajstić information content (AvgIpc) is 1.58. The SMILES string of the molecule is CC[C@H]1OC(=O)[C@H](C)[C@@H](O[C@@H]2C[C@@](C)(OC)[C@@H](O)[C@H](C)O2)[C@H](C)[C@@H](O[C@@H]2O[C@H](C)C[C@H](N(C)C(=O)OCc3ccc(O[C@@H]4O[C@H](COC(C)=O)[C@H](OC(C)=O)[C@H](OC(C)=O)[C@H]4OC(C)=O)c([N+](=O)[O-])c3)[C@H]2O)[C@](C)(O)C[C@@H](C)CN(C)[C@H](C)[C@@H](O)[C@]1(C)O. The second-order valence-electron chi connectivity index (χ2n) is 24.6. The van der Waals surface area contributed by atoms with Crippen molar-refractivity contribution in [1.29, 1.82) is 0 Å². The molecule has 0 bridgehead atoms. The quantitative estimate of drug-likeness (QED) is 0.0648. The predicted molar refractivity (Wildman–Crippen MR) is 304 cm³/mol.